The number of hydrogen-bond donors (Lipinski definition) is 0. The number of carbonyl (C=O) groups excluding carboxylic acids is 1. The van der Waals surface area contributed by atoms with Gasteiger partial charge in [0, 0.05) is 12.1 Å². The molecule has 3 aliphatic rings. The maximum atomic E-state index is 12.3. The van der Waals surface area contributed by atoms with E-state index in [-0.39, 0.29) is 30.3 Å². The van der Waals surface area contributed by atoms with Crippen molar-refractivity contribution in [3.8, 4) is 0 Å². The molecule has 0 aromatic carbocycles. The average molecular weight is 363 g/mol. The molecule has 0 aromatic heterocycles. The van der Waals surface area contributed by atoms with E-state index >= 15 is 0 Å². The molecular weight excluding hydrogens is 329 g/mol. The van der Waals surface area contributed by atoms with Crippen molar-refractivity contribution in [1.82, 2.24) is 4.90 Å². The number of rotatable bonds is 3. The Hall–Kier alpha value is -0.845. The van der Waals surface area contributed by atoms with Gasteiger partial charge in [-0.3, -0.25) is 9.69 Å². The van der Waals surface area contributed by atoms with Crippen molar-refractivity contribution in [1.29, 1.82) is 0 Å². The standard InChI is InChI=1S/C20H34BNO4/c1-18(2,3)24-17(23)13-22-15-9-8-10-16(22)12-14(11-15)21-25-19(4,5)20(6,7)26-21/h11,15-16H,8-10,12-13H2,1-7H3. The van der Waals surface area contributed by atoms with Gasteiger partial charge in [0.15, 0.2) is 0 Å². The molecule has 2 atom stereocenters. The molecule has 3 aliphatic heterocycles. The third-order valence-corrected chi connectivity index (χ3v) is 6.10. The van der Waals surface area contributed by atoms with E-state index < -0.39 is 5.60 Å². The van der Waals surface area contributed by atoms with Gasteiger partial charge in [0.05, 0.1) is 17.7 Å². The summed E-state index contributed by atoms with van der Waals surface area (Å²) in [7, 11) is -0.272. The molecule has 2 fully saturated rings. The van der Waals surface area contributed by atoms with Crippen molar-refractivity contribution in [2.45, 2.75) is 103 Å². The van der Waals surface area contributed by atoms with E-state index in [4.69, 9.17) is 14.0 Å². The van der Waals surface area contributed by atoms with E-state index in [0.29, 0.717) is 12.6 Å². The van der Waals surface area contributed by atoms with Crippen LogP contribution in [0.4, 0.5) is 0 Å². The summed E-state index contributed by atoms with van der Waals surface area (Å²) in [6, 6.07) is 0.629. The van der Waals surface area contributed by atoms with Crippen LogP contribution in [0.2, 0.25) is 0 Å². The minimum absolute atomic E-state index is 0.137. The van der Waals surface area contributed by atoms with Gasteiger partial charge < -0.3 is 14.0 Å². The molecule has 146 valence electrons. The van der Waals surface area contributed by atoms with Gasteiger partial charge in [-0.2, -0.15) is 0 Å². The minimum Gasteiger partial charge on any atom is -0.459 e. The number of carbonyl (C=O) groups is 1. The van der Waals surface area contributed by atoms with Crippen molar-refractivity contribution in [2.24, 2.45) is 0 Å². The van der Waals surface area contributed by atoms with E-state index in [0.717, 1.165) is 19.3 Å². The quantitative estimate of drug-likeness (QED) is 0.567. The zero-order chi connectivity index (χ0) is 19.3. The number of piperidine rings is 1. The van der Waals surface area contributed by atoms with Gasteiger partial charge in [-0.15, -0.1) is 0 Å². The van der Waals surface area contributed by atoms with Gasteiger partial charge in [-0.1, -0.05) is 12.5 Å². The van der Waals surface area contributed by atoms with E-state index in [9.17, 15) is 4.79 Å². The predicted octanol–water partition coefficient (Wildman–Crippen LogP) is 3.51. The lowest BCUT2D eigenvalue weighted by molar-refractivity contribution is -0.157. The second kappa shape index (κ2) is 6.64. The summed E-state index contributed by atoms with van der Waals surface area (Å²) in [5.41, 5.74) is 0.160. The maximum Gasteiger partial charge on any atom is 0.490 e. The Bertz CT molecular complexity index is 577. The smallest absolute Gasteiger partial charge is 0.459 e. The van der Waals surface area contributed by atoms with Gasteiger partial charge in [-0.05, 0) is 73.2 Å². The maximum absolute atomic E-state index is 12.3. The fraction of sp³-hybridized carbons (Fsp3) is 0.850. The number of hydrogen-bond acceptors (Lipinski definition) is 5. The number of nitrogens with zero attached hydrogens (tertiary/aromatic N) is 1. The Labute approximate surface area is 158 Å². The Morgan fingerprint density at radius 3 is 2.38 bits per heavy atom. The first-order valence-electron chi connectivity index (χ1n) is 9.92. The number of esters is 1. The molecule has 6 heteroatoms. The Morgan fingerprint density at radius 2 is 1.85 bits per heavy atom. The van der Waals surface area contributed by atoms with Crippen LogP contribution in [0.15, 0.2) is 11.5 Å². The normalized spacial score (nSPS) is 30.9. The van der Waals surface area contributed by atoms with Gasteiger partial charge in [-0.25, -0.2) is 0 Å². The van der Waals surface area contributed by atoms with Gasteiger partial charge in [0.25, 0.3) is 0 Å². The summed E-state index contributed by atoms with van der Waals surface area (Å²) in [6.45, 7) is 14.5. The van der Waals surface area contributed by atoms with Crippen molar-refractivity contribution >= 4 is 13.1 Å². The summed E-state index contributed by atoms with van der Waals surface area (Å²) in [4.78, 5) is 14.6. The van der Waals surface area contributed by atoms with Crippen LogP contribution in [-0.2, 0) is 18.8 Å². The Balaban J connectivity index is 1.72. The molecule has 0 amide bonds. The van der Waals surface area contributed by atoms with E-state index in [1.54, 1.807) is 0 Å². The molecule has 26 heavy (non-hydrogen) atoms. The molecular formula is C20H34BNO4. The van der Waals surface area contributed by atoms with Gasteiger partial charge >= 0.3 is 13.1 Å². The lowest BCUT2D eigenvalue weighted by atomic mass is 9.69. The van der Waals surface area contributed by atoms with Crippen molar-refractivity contribution in [3.63, 3.8) is 0 Å². The fourth-order valence-corrected chi connectivity index (χ4v) is 4.09. The highest BCUT2D eigenvalue weighted by Gasteiger charge is 2.53. The molecule has 0 aromatic rings. The monoisotopic (exact) mass is 363 g/mol. The second-order valence-corrected chi connectivity index (χ2v) is 9.94. The van der Waals surface area contributed by atoms with Gasteiger partial charge in [0.1, 0.15) is 5.60 Å². The molecule has 5 nitrogen and oxygen atoms in total. The third-order valence-electron chi connectivity index (χ3n) is 6.10. The summed E-state index contributed by atoms with van der Waals surface area (Å²) in [5, 5.41) is 0. The molecule has 3 heterocycles. The zero-order valence-electron chi connectivity index (χ0n) is 17.4. The topological polar surface area (TPSA) is 48.0 Å². The van der Waals surface area contributed by atoms with Crippen LogP contribution in [0.5, 0.6) is 0 Å². The first kappa shape index (κ1) is 19.9. The highest BCUT2D eigenvalue weighted by Crippen LogP contribution is 2.42. The van der Waals surface area contributed by atoms with Crippen LogP contribution < -0.4 is 0 Å². The molecule has 2 saturated heterocycles. The highest BCUT2D eigenvalue weighted by molar-refractivity contribution is 6.54. The van der Waals surface area contributed by atoms with Crippen LogP contribution in [0.3, 0.4) is 0 Å². The first-order valence-corrected chi connectivity index (χ1v) is 9.92. The lowest BCUT2D eigenvalue weighted by Gasteiger charge is -2.45. The summed E-state index contributed by atoms with van der Waals surface area (Å²) >= 11 is 0. The van der Waals surface area contributed by atoms with Crippen LogP contribution in [0, 0.1) is 0 Å². The number of fused-ring (bicyclic) bond motifs is 2. The summed E-state index contributed by atoms with van der Waals surface area (Å²) in [6.07, 6.45) is 6.56. The highest BCUT2D eigenvalue weighted by atomic mass is 16.7. The first-order chi connectivity index (χ1) is 11.9. The van der Waals surface area contributed by atoms with Gasteiger partial charge in [0.2, 0.25) is 0 Å². The average Bonchev–Trinajstić information content (AvgIpc) is 2.64. The number of ether oxygens (including phenoxy) is 1. The van der Waals surface area contributed by atoms with E-state index in [1.165, 1.54) is 11.9 Å². The van der Waals surface area contributed by atoms with Crippen LogP contribution >= 0.6 is 0 Å². The predicted molar refractivity (Wildman–Crippen MR) is 103 cm³/mol. The van der Waals surface area contributed by atoms with Crippen LogP contribution in [-0.4, -0.2) is 53.4 Å². The molecule has 0 N–H and O–H groups in total. The Morgan fingerprint density at radius 1 is 1.23 bits per heavy atom. The second-order valence-electron chi connectivity index (χ2n) is 9.94. The molecule has 0 radical (unpaired) electrons. The molecule has 0 aliphatic carbocycles. The lowest BCUT2D eigenvalue weighted by Crippen LogP contribution is -2.52. The van der Waals surface area contributed by atoms with Crippen molar-refractivity contribution in [3.05, 3.63) is 11.5 Å². The Kier molecular flexibility index (Phi) is 5.09. The molecule has 3 rings (SSSR count). The van der Waals surface area contributed by atoms with Crippen LogP contribution in [0.25, 0.3) is 0 Å². The molecule has 0 saturated carbocycles. The fourth-order valence-electron chi connectivity index (χ4n) is 4.09. The molecule has 2 bridgehead atoms. The van der Waals surface area contributed by atoms with E-state index in [1.807, 2.05) is 20.8 Å². The van der Waals surface area contributed by atoms with E-state index in [2.05, 4.69) is 38.7 Å². The largest absolute Gasteiger partial charge is 0.490 e. The molecule has 2 unspecified atom stereocenters. The van der Waals surface area contributed by atoms with Crippen molar-refractivity contribution in [2.75, 3.05) is 6.54 Å². The van der Waals surface area contributed by atoms with Crippen molar-refractivity contribution < 1.29 is 18.8 Å². The summed E-state index contributed by atoms with van der Waals surface area (Å²) < 4.78 is 18.0. The molecule has 0 spiro atoms. The third kappa shape index (κ3) is 4.02. The summed E-state index contributed by atoms with van der Waals surface area (Å²) in [5.74, 6) is -0.137. The zero-order valence-corrected chi connectivity index (χ0v) is 17.4. The SMILES string of the molecule is CC(C)(C)OC(=O)CN1C2C=C(B3OC(C)(C)C(C)(C)O3)CC1CCC2. The minimum atomic E-state index is -0.439. The van der Waals surface area contributed by atoms with Crippen LogP contribution in [0.1, 0.15) is 74.1 Å².